The summed E-state index contributed by atoms with van der Waals surface area (Å²) in [5.41, 5.74) is 1.50. The third kappa shape index (κ3) is 4.56. The number of carbonyl (C=O) groups is 1. The molecule has 1 saturated heterocycles. The normalized spacial score (nSPS) is 14.9. The number of amides is 1. The average molecular weight is 370 g/mol. The number of anilines is 2. The Bertz CT molecular complexity index is 799. The highest BCUT2D eigenvalue weighted by Gasteiger charge is 2.19. The van der Waals surface area contributed by atoms with E-state index in [0.717, 1.165) is 50.1 Å². The van der Waals surface area contributed by atoms with Crippen molar-refractivity contribution in [2.24, 2.45) is 0 Å². The van der Waals surface area contributed by atoms with Crippen molar-refractivity contribution in [1.82, 2.24) is 14.9 Å². The molecule has 2 aromatic heterocycles. The number of carbonyl (C=O) groups excluding carboxylic acids is 1. The molecule has 26 heavy (non-hydrogen) atoms. The summed E-state index contributed by atoms with van der Waals surface area (Å²) in [6.45, 7) is 8.20. The molecule has 1 aliphatic rings. The molecule has 0 atom stereocenters. The molecule has 0 bridgehead atoms. The largest absolute Gasteiger partial charge is 0.354 e. The second-order valence-electron chi connectivity index (χ2n) is 6.32. The van der Waals surface area contributed by atoms with Gasteiger partial charge in [-0.3, -0.25) is 9.69 Å². The van der Waals surface area contributed by atoms with Crippen molar-refractivity contribution < 1.29 is 4.79 Å². The standard InChI is InChI=1S/C18H22N6OS/c1-13-11-16(21-14(2)20-13)24-8-6-23(7-9-24)5-3-17(25)22-18-15(12-19)4-10-26-18/h4,10-11H,3,5-9H2,1-2H3,(H,22,25). The first-order valence-corrected chi connectivity index (χ1v) is 9.50. The summed E-state index contributed by atoms with van der Waals surface area (Å²) in [5.74, 6) is 1.73. The molecule has 0 saturated carbocycles. The Morgan fingerprint density at radius 3 is 2.77 bits per heavy atom. The molecule has 1 aliphatic heterocycles. The summed E-state index contributed by atoms with van der Waals surface area (Å²) in [6.07, 6.45) is 0.425. The van der Waals surface area contributed by atoms with Crippen LogP contribution in [0.1, 0.15) is 23.5 Å². The van der Waals surface area contributed by atoms with Gasteiger partial charge in [0.2, 0.25) is 5.91 Å². The lowest BCUT2D eigenvalue weighted by Crippen LogP contribution is -2.47. The third-order valence-corrected chi connectivity index (χ3v) is 5.17. The lowest BCUT2D eigenvalue weighted by Gasteiger charge is -2.35. The van der Waals surface area contributed by atoms with E-state index in [9.17, 15) is 4.79 Å². The van der Waals surface area contributed by atoms with Gasteiger partial charge in [-0.1, -0.05) is 0 Å². The molecule has 1 fully saturated rings. The molecule has 7 nitrogen and oxygen atoms in total. The predicted octanol–water partition coefficient (Wildman–Crippen LogP) is 2.18. The topological polar surface area (TPSA) is 85.1 Å². The highest BCUT2D eigenvalue weighted by molar-refractivity contribution is 7.14. The Labute approximate surface area is 157 Å². The van der Waals surface area contributed by atoms with E-state index in [-0.39, 0.29) is 5.91 Å². The van der Waals surface area contributed by atoms with Crippen LogP contribution >= 0.6 is 11.3 Å². The number of nitriles is 1. The van der Waals surface area contributed by atoms with Crippen molar-refractivity contribution >= 4 is 28.1 Å². The van der Waals surface area contributed by atoms with Gasteiger partial charge in [-0.2, -0.15) is 5.26 Å². The van der Waals surface area contributed by atoms with Crippen LogP contribution in [0.15, 0.2) is 17.5 Å². The van der Waals surface area contributed by atoms with Crippen molar-refractivity contribution in [3.05, 3.63) is 34.6 Å². The SMILES string of the molecule is Cc1cc(N2CCN(CCC(=O)Nc3sccc3C#N)CC2)nc(C)n1. The van der Waals surface area contributed by atoms with E-state index >= 15 is 0 Å². The summed E-state index contributed by atoms with van der Waals surface area (Å²) in [5, 5.41) is 14.3. The lowest BCUT2D eigenvalue weighted by atomic mass is 10.2. The Hall–Kier alpha value is -2.50. The Morgan fingerprint density at radius 1 is 1.31 bits per heavy atom. The van der Waals surface area contributed by atoms with Gasteiger partial charge < -0.3 is 10.2 Å². The smallest absolute Gasteiger partial charge is 0.226 e. The van der Waals surface area contributed by atoms with Gasteiger partial charge in [0.1, 0.15) is 22.7 Å². The minimum absolute atomic E-state index is 0.0478. The fourth-order valence-electron chi connectivity index (χ4n) is 3.00. The summed E-state index contributed by atoms with van der Waals surface area (Å²) in [4.78, 5) is 25.5. The molecule has 8 heteroatoms. The van der Waals surface area contributed by atoms with Gasteiger partial charge in [-0.25, -0.2) is 9.97 Å². The van der Waals surface area contributed by atoms with Gasteiger partial charge >= 0.3 is 0 Å². The second kappa shape index (κ2) is 8.25. The third-order valence-electron chi connectivity index (χ3n) is 4.34. The second-order valence-corrected chi connectivity index (χ2v) is 7.23. The Kier molecular flexibility index (Phi) is 5.81. The van der Waals surface area contributed by atoms with Crippen molar-refractivity contribution in [3.63, 3.8) is 0 Å². The summed E-state index contributed by atoms with van der Waals surface area (Å²) >= 11 is 1.38. The number of piperazine rings is 1. The fourth-order valence-corrected chi connectivity index (χ4v) is 3.76. The van der Waals surface area contributed by atoms with E-state index in [1.54, 1.807) is 6.07 Å². The number of rotatable bonds is 5. The first-order chi connectivity index (χ1) is 12.5. The van der Waals surface area contributed by atoms with Gasteiger partial charge in [-0.05, 0) is 25.3 Å². The molecule has 136 valence electrons. The maximum absolute atomic E-state index is 12.1. The molecule has 1 N–H and O–H groups in total. The highest BCUT2D eigenvalue weighted by atomic mass is 32.1. The van der Waals surface area contributed by atoms with Gasteiger partial charge in [0, 0.05) is 50.9 Å². The van der Waals surface area contributed by atoms with E-state index in [4.69, 9.17) is 5.26 Å². The van der Waals surface area contributed by atoms with Crippen LogP contribution in [0.3, 0.4) is 0 Å². The van der Waals surface area contributed by atoms with Gasteiger partial charge in [0.05, 0.1) is 5.56 Å². The maximum atomic E-state index is 12.1. The predicted molar refractivity (Wildman–Crippen MR) is 102 cm³/mol. The van der Waals surface area contributed by atoms with Crippen LogP contribution in [-0.4, -0.2) is 53.5 Å². The number of thiophene rings is 1. The molecule has 2 aromatic rings. The molecule has 0 unspecified atom stereocenters. The molecular weight excluding hydrogens is 348 g/mol. The minimum atomic E-state index is -0.0478. The van der Waals surface area contributed by atoms with Crippen LogP contribution in [0.5, 0.6) is 0 Å². The van der Waals surface area contributed by atoms with Gasteiger partial charge in [0.15, 0.2) is 0 Å². The summed E-state index contributed by atoms with van der Waals surface area (Å²) in [7, 11) is 0. The van der Waals surface area contributed by atoms with E-state index in [2.05, 4.69) is 31.2 Å². The number of nitrogens with one attached hydrogen (secondary N) is 1. The first-order valence-electron chi connectivity index (χ1n) is 8.62. The zero-order valence-corrected chi connectivity index (χ0v) is 15.8. The molecular formula is C18H22N6OS. The van der Waals surface area contributed by atoms with E-state index in [0.29, 0.717) is 17.0 Å². The summed E-state index contributed by atoms with van der Waals surface area (Å²) in [6, 6.07) is 5.82. The molecule has 1 amide bonds. The molecule has 0 aromatic carbocycles. The Balaban J connectivity index is 1.45. The van der Waals surface area contributed by atoms with Gasteiger partial charge in [-0.15, -0.1) is 11.3 Å². The van der Waals surface area contributed by atoms with Crippen LogP contribution in [0.2, 0.25) is 0 Å². The average Bonchev–Trinajstić information content (AvgIpc) is 3.06. The van der Waals surface area contributed by atoms with Crippen LogP contribution in [0.25, 0.3) is 0 Å². The van der Waals surface area contributed by atoms with Crippen LogP contribution in [0.4, 0.5) is 10.8 Å². The molecule has 0 spiro atoms. The number of hydrogen-bond acceptors (Lipinski definition) is 7. The number of nitrogens with zero attached hydrogens (tertiary/aromatic N) is 5. The molecule has 0 aliphatic carbocycles. The number of hydrogen-bond donors (Lipinski definition) is 1. The molecule has 3 rings (SSSR count). The van der Waals surface area contributed by atoms with E-state index in [1.807, 2.05) is 25.3 Å². The number of aryl methyl sites for hydroxylation is 2. The van der Waals surface area contributed by atoms with E-state index < -0.39 is 0 Å². The monoisotopic (exact) mass is 370 g/mol. The quantitative estimate of drug-likeness (QED) is 0.868. The number of aromatic nitrogens is 2. The fraction of sp³-hybridized carbons (Fsp3) is 0.444. The maximum Gasteiger partial charge on any atom is 0.226 e. The van der Waals surface area contributed by atoms with Crippen molar-refractivity contribution in [3.8, 4) is 6.07 Å². The van der Waals surface area contributed by atoms with Crippen LogP contribution in [-0.2, 0) is 4.79 Å². The zero-order valence-electron chi connectivity index (χ0n) is 15.0. The lowest BCUT2D eigenvalue weighted by molar-refractivity contribution is -0.116. The van der Waals surface area contributed by atoms with Crippen LogP contribution < -0.4 is 10.2 Å². The molecule has 3 heterocycles. The van der Waals surface area contributed by atoms with Crippen molar-refractivity contribution in [1.29, 1.82) is 5.26 Å². The zero-order chi connectivity index (χ0) is 18.5. The van der Waals surface area contributed by atoms with Crippen molar-refractivity contribution in [2.45, 2.75) is 20.3 Å². The van der Waals surface area contributed by atoms with Gasteiger partial charge in [0.25, 0.3) is 0 Å². The highest BCUT2D eigenvalue weighted by Crippen LogP contribution is 2.22. The first kappa shape index (κ1) is 18.3. The molecule has 0 radical (unpaired) electrons. The van der Waals surface area contributed by atoms with E-state index in [1.165, 1.54) is 11.3 Å². The van der Waals surface area contributed by atoms with Crippen LogP contribution in [0, 0.1) is 25.2 Å². The minimum Gasteiger partial charge on any atom is -0.354 e. The summed E-state index contributed by atoms with van der Waals surface area (Å²) < 4.78 is 0. The Morgan fingerprint density at radius 2 is 2.08 bits per heavy atom. The van der Waals surface area contributed by atoms with Crippen molar-refractivity contribution in [2.75, 3.05) is 42.9 Å².